The van der Waals surface area contributed by atoms with Crippen LogP contribution in [-0.2, 0) is 31.9 Å². The van der Waals surface area contributed by atoms with Crippen molar-refractivity contribution < 1.29 is 26.2 Å². The standard InChI is InChI=1S/C59H62N3O.Pt/c1-37(2)42-33-48(38(3)4)55(63)50(34-42)56-61-54-47(43-30-44(32-46(31-43)57(5,6)7)51-35-41(28-29-60-51)39-20-15-13-16-21-39)24-19-25-53(54)62(56)52-27-26-45(59(11,12)58(8,9)10)36-49(52)40-22-17-14-18-23-40;/h13-29,31-38,63H,1-12H3;/q-1;. The summed E-state index contributed by atoms with van der Waals surface area (Å²) in [5.41, 5.74) is 15.9. The van der Waals surface area contributed by atoms with Crippen molar-refractivity contribution in [2.75, 3.05) is 0 Å². The SMILES string of the molecule is CC(C)c1cc(-c2nc3c(-c4[c-]c(-c5cc(-c6ccccc6)ccn5)cc(C(C)(C)C)c4)cccc3n2-c2ccc(C(C)(C)C(C)(C)C)cc2-c2ccccc2)c(O)c(C(C)C)c1.[Pt]. The van der Waals surface area contributed by atoms with Crippen LogP contribution in [-0.4, -0.2) is 19.6 Å². The molecular formula is C59H62N3OPt-. The summed E-state index contributed by atoms with van der Waals surface area (Å²) in [6.45, 7) is 27.1. The summed E-state index contributed by atoms with van der Waals surface area (Å²) < 4.78 is 2.29. The number of rotatable bonds is 9. The Hall–Kier alpha value is -5.57. The summed E-state index contributed by atoms with van der Waals surface area (Å²) in [7, 11) is 0. The molecule has 5 heteroatoms. The third-order valence-electron chi connectivity index (χ3n) is 13.5. The molecule has 8 aromatic rings. The molecule has 0 aliphatic heterocycles. The van der Waals surface area contributed by atoms with Gasteiger partial charge in [0.05, 0.1) is 22.3 Å². The van der Waals surface area contributed by atoms with E-state index in [-0.39, 0.29) is 54.9 Å². The molecule has 2 aromatic heterocycles. The molecule has 0 radical (unpaired) electrons. The molecule has 0 unspecified atom stereocenters. The van der Waals surface area contributed by atoms with E-state index in [0.717, 1.165) is 78.0 Å². The number of para-hydroxylation sites is 1. The van der Waals surface area contributed by atoms with Gasteiger partial charge in [-0.2, -0.15) is 0 Å². The molecule has 330 valence electrons. The van der Waals surface area contributed by atoms with Crippen molar-refractivity contribution in [3.05, 3.63) is 168 Å². The zero-order chi connectivity index (χ0) is 45.0. The largest absolute Gasteiger partial charge is 0.507 e. The van der Waals surface area contributed by atoms with Gasteiger partial charge in [-0.1, -0.05) is 185 Å². The summed E-state index contributed by atoms with van der Waals surface area (Å²) in [6.07, 6.45) is 1.89. The molecule has 0 aliphatic carbocycles. The number of imidazole rings is 1. The average Bonchev–Trinajstić information content (AvgIpc) is 3.65. The molecule has 0 aliphatic rings. The van der Waals surface area contributed by atoms with Crippen molar-refractivity contribution in [3.63, 3.8) is 0 Å². The summed E-state index contributed by atoms with van der Waals surface area (Å²) >= 11 is 0. The molecule has 0 spiro atoms. The Morgan fingerprint density at radius 3 is 1.86 bits per heavy atom. The van der Waals surface area contributed by atoms with E-state index >= 15 is 0 Å². The summed E-state index contributed by atoms with van der Waals surface area (Å²) in [4.78, 5) is 10.6. The molecule has 4 nitrogen and oxygen atoms in total. The number of phenols is 1. The summed E-state index contributed by atoms with van der Waals surface area (Å²) in [5.74, 6) is 1.32. The number of phenolic OH excluding ortho intramolecular Hbond substituents is 1. The van der Waals surface area contributed by atoms with E-state index in [1.807, 2.05) is 12.3 Å². The summed E-state index contributed by atoms with van der Waals surface area (Å²) in [5, 5.41) is 12.4. The normalized spacial score (nSPS) is 12.3. The Kier molecular flexibility index (Phi) is 12.9. The van der Waals surface area contributed by atoms with Gasteiger partial charge < -0.3 is 5.11 Å². The number of pyridine rings is 1. The van der Waals surface area contributed by atoms with Crippen molar-refractivity contribution in [3.8, 4) is 67.5 Å². The van der Waals surface area contributed by atoms with Gasteiger partial charge in [0.2, 0.25) is 0 Å². The van der Waals surface area contributed by atoms with Crippen molar-refractivity contribution in [1.82, 2.24) is 14.5 Å². The van der Waals surface area contributed by atoms with Crippen molar-refractivity contribution >= 4 is 11.0 Å². The minimum atomic E-state index is -0.155. The monoisotopic (exact) mass is 1020 g/mol. The zero-order valence-corrected chi connectivity index (χ0v) is 41.8. The minimum absolute atomic E-state index is 0. The first-order valence-corrected chi connectivity index (χ1v) is 22.5. The maximum absolute atomic E-state index is 12.4. The first kappa shape index (κ1) is 46.4. The first-order chi connectivity index (χ1) is 29.8. The molecule has 0 bridgehead atoms. The van der Waals surface area contributed by atoms with Gasteiger partial charge >= 0.3 is 0 Å². The van der Waals surface area contributed by atoms with Gasteiger partial charge in [-0.15, -0.1) is 29.3 Å². The zero-order valence-electron chi connectivity index (χ0n) is 39.5. The van der Waals surface area contributed by atoms with Gasteiger partial charge in [-0.3, -0.25) is 9.55 Å². The number of fused-ring (bicyclic) bond motifs is 1. The van der Waals surface area contributed by atoms with Crippen LogP contribution in [0.3, 0.4) is 0 Å². The van der Waals surface area contributed by atoms with Gasteiger partial charge in [0.25, 0.3) is 0 Å². The second kappa shape index (κ2) is 17.8. The molecule has 0 saturated heterocycles. The van der Waals surface area contributed by atoms with Gasteiger partial charge in [0.15, 0.2) is 0 Å². The molecule has 8 rings (SSSR count). The fourth-order valence-electron chi connectivity index (χ4n) is 8.44. The molecule has 2 heterocycles. The molecule has 1 N–H and O–H groups in total. The van der Waals surface area contributed by atoms with Crippen LogP contribution >= 0.6 is 0 Å². The van der Waals surface area contributed by atoms with Crippen LogP contribution in [0.2, 0.25) is 0 Å². The van der Waals surface area contributed by atoms with Crippen LogP contribution in [0, 0.1) is 11.5 Å². The second-order valence-corrected chi connectivity index (χ2v) is 20.5. The average molecular weight is 1020 g/mol. The smallest absolute Gasteiger partial charge is 0.148 e. The Morgan fingerprint density at radius 1 is 0.578 bits per heavy atom. The Morgan fingerprint density at radius 2 is 1.23 bits per heavy atom. The topological polar surface area (TPSA) is 50.9 Å². The molecule has 6 aromatic carbocycles. The molecule has 0 amide bonds. The predicted octanol–water partition coefficient (Wildman–Crippen LogP) is 16.1. The van der Waals surface area contributed by atoms with E-state index in [1.165, 1.54) is 11.1 Å². The molecule has 0 atom stereocenters. The van der Waals surface area contributed by atoms with E-state index < -0.39 is 0 Å². The van der Waals surface area contributed by atoms with Crippen LogP contribution < -0.4 is 0 Å². The van der Waals surface area contributed by atoms with Crippen LogP contribution in [0.1, 0.15) is 117 Å². The Labute approximate surface area is 396 Å². The van der Waals surface area contributed by atoms with Crippen LogP contribution in [0.5, 0.6) is 5.75 Å². The third kappa shape index (κ3) is 8.79. The maximum atomic E-state index is 12.4. The number of aromatic nitrogens is 3. The number of aromatic hydroxyl groups is 1. The van der Waals surface area contributed by atoms with E-state index in [2.05, 4.69) is 221 Å². The van der Waals surface area contributed by atoms with E-state index in [4.69, 9.17) is 9.97 Å². The summed E-state index contributed by atoms with van der Waals surface area (Å²) in [6, 6.07) is 51.4. The quantitative estimate of drug-likeness (QED) is 0.147. The number of nitrogens with zero attached hydrogens (tertiary/aromatic N) is 3. The van der Waals surface area contributed by atoms with Gasteiger partial charge in [-0.25, -0.2) is 4.98 Å². The number of hydrogen-bond donors (Lipinski definition) is 1. The minimum Gasteiger partial charge on any atom is -0.507 e. The fraction of sp³-hybridized carbons (Fsp3) is 0.288. The van der Waals surface area contributed by atoms with Crippen LogP contribution in [0.4, 0.5) is 0 Å². The maximum Gasteiger partial charge on any atom is 0.148 e. The van der Waals surface area contributed by atoms with Crippen LogP contribution in [0.25, 0.3) is 72.7 Å². The van der Waals surface area contributed by atoms with Crippen molar-refractivity contribution in [2.45, 2.75) is 106 Å². The fourth-order valence-corrected chi connectivity index (χ4v) is 8.44. The van der Waals surface area contributed by atoms with Crippen molar-refractivity contribution in [2.24, 2.45) is 5.41 Å². The van der Waals surface area contributed by atoms with E-state index in [0.29, 0.717) is 5.82 Å². The van der Waals surface area contributed by atoms with E-state index in [9.17, 15) is 5.11 Å². The second-order valence-electron chi connectivity index (χ2n) is 20.5. The molecular weight excluding hydrogens is 962 g/mol. The van der Waals surface area contributed by atoms with Gasteiger partial charge in [0, 0.05) is 38.5 Å². The Bertz CT molecular complexity index is 2950. The molecule has 0 fully saturated rings. The van der Waals surface area contributed by atoms with Crippen LogP contribution in [0.15, 0.2) is 140 Å². The number of hydrogen-bond acceptors (Lipinski definition) is 3. The molecule has 64 heavy (non-hydrogen) atoms. The third-order valence-corrected chi connectivity index (χ3v) is 13.5. The van der Waals surface area contributed by atoms with Gasteiger partial charge in [0.1, 0.15) is 11.6 Å². The van der Waals surface area contributed by atoms with Crippen molar-refractivity contribution in [1.29, 1.82) is 0 Å². The predicted molar refractivity (Wildman–Crippen MR) is 266 cm³/mol. The first-order valence-electron chi connectivity index (χ1n) is 22.5. The van der Waals surface area contributed by atoms with E-state index in [1.54, 1.807) is 0 Å². The van der Waals surface area contributed by atoms with Gasteiger partial charge in [-0.05, 0) is 91.8 Å². The molecule has 0 saturated carbocycles. The number of benzene rings is 6. The Balaban J connectivity index is 0.00000612.